The maximum absolute atomic E-state index is 12.7. The molecule has 1 aliphatic rings. The number of nitrogens with one attached hydrogen (secondary N) is 2. The van der Waals surface area contributed by atoms with Crippen LogP contribution in [0.15, 0.2) is 36.7 Å². The number of likely N-dealkylation sites (N-methyl/N-ethyl adjacent to an activating group) is 1. The van der Waals surface area contributed by atoms with Gasteiger partial charge in [0.2, 0.25) is 11.9 Å². The molecule has 8 nitrogen and oxygen atoms in total. The van der Waals surface area contributed by atoms with Gasteiger partial charge < -0.3 is 15.5 Å². The molecule has 3 aromatic rings. The fourth-order valence-electron chi connectivity index (χ4n) is 3.18. The number of aryl methyl sites for hydroxylation is 1. The molecule has 1 aromatic carbocycles. The number of carbonyl (C=O) groups excluding carboxylic acids is 1. The Morgan fingerprint density at radius 1 is 1.19 bits per heavy atom. The number of amides is 1. The van der Waals surface area contributed by atoms with Crippen molar-refractivity contribution >= 4 is 23.4 Å². The zero-order chi connectivity index (χ0) is 22.3. The summed E-state index contributed by atoms with van der Waals surface area (Å²) in [6, 6.07) is 6.61. The number of hydrogen-bond acceptors (Lipinski definition) is 6. The molecule has 3 heterocycles. The van der Waals surface area contributed by atoms with E-state index in [2.05, 4.69) is 25.7 Å². The monoisotopic (exact) mass is 431 g/mol. The Labute approximate surface area is 176 Å². The summed E-state index contributed by atoms with van der Waals surface area (Å²) in [6.07, 6.45) is -2.68. The van der Waals surface area contributed by atoms with E-state index in [1.165, 1.54) is 4.68 Å². The first-order valence-corrected chi connectivity index (χ1v) is 9.51. The van der Waals surface area contributed by atoms with Crippen LogP contribution in [0.25, 0.3) is 5.69 Å². The maximum Gasteiger partial charge on any atom is 0.419 e. The molecule has 31 heavy (non-hydrogen) atoms. The van der Waals surface area contributed by atoms with Gasteiger partial charge in [-0.1, -0.05) is 12.1 Å². The van der Waals surface area contributed by atoms with Crippen molar-refractivity contribution in [2.45, 2.75) is 32.6 Å². The Morgan fingerprint density at radius 2 is 1.90 bits per heavy atom. The summed E-state index contributed by atoms with van der Waals surface area (Å²) in [7, 11) is 1.80. The molecule has 0 unspecified atom stereocenters. The van der Waals surface area contributed by atoms with Crippen LogP contribution in [0, 0.1) is 6.92 Å². The first kappa shape index (κ1) is 20.6. The van der Waals surface area contributed by atoms with E-state index in [4.69, 9.17) is 0 Å². The highest BCUT2D eigenvalue weighted by atomic mass is 19.4. The fourth-order valence-corrected chi connectivity index (χ4v) is 3.18. The Morgan fingerprint density at radius 3 is 2.55 bits per heavy atom. The van der Waals surface area contributed by atoms with E-state index in [9.17, 15) is 18.0 Å². The molecule has 1 amide bonds. The van der Waals surface area contributed by atoms with E-state index >= 15 is 0 Å². The maximum atomic E-state index is 12.7. The Bertz CT molecular complexity index is 1120. The van der Waals surface area contributed by atoms with Crippen molar-refractivity contribution in [3.8, 4) is 5.69 Å². The number of halogens is 3. The van der Waals surface area contributed by atoms with Crippen LogP contribution in [0.4, 0.5) is 30.6 Å². The molecule has 1 atom stereocenters. The van der Waals surface area contributed by atoms with Gasteiger partial charge in [0, 0.05) is 19.8 Å². The number of nitrogens with zero attached hydrogens (tertiary/aromatic N) is 5. The number of benzene rings is 1. The van der Waals surface area contributed by atoms with Crippen LogP contribution < -0.4 is 15.5 Å². The van der Waals surface area contributed by atoms with E-state index in [-0.39, 0.29) is 11.9 Å². The molecule has 0 spiro atoms. The van der Waals surface area contributed by atoms with Crippen LogP contribution in [0.5, 0.6) is 0 Å². The molecule has 0 fully saturated rings. The van der Waals surface area contributed by atoms with Crippen molar-refractivity contribution < 1.29 is 18.0 Å². The number of rotatable bonds is 4. The van der Waals surface area contributed by atoms with Gasteiger partial charge in [-0.15, -0.1) is 0 Å². The molecule has 1 aliphatic heterocycles. The van der Waals surface area contributed by atoms with Crippen LogP contribution in [0.2, 0.25) is 0 Å². The molecule has 0 radical (unpaired) electrons. The van der Waals surface area contributed by atoms with Gasteiger partial charge in [0.1, 0.15) is 11.7 Å². The average Bonchev–Trinajstić information content (AvgIpc) is 3.23. The second kappa shape index (κ2) is 7.56. The predicted molar refractivity (Wildman–Crippen MR) is 109 cm³/mol. The van der Waals surface area contributed by atoms with Gasteiger partial charge in [-0.3, -0.25) is 4.79 Å². The van der Waals surface area contributed by atoms with E-state index in [1.54, 1.807) is 50.1 Å². The van der Waals surface area contributed by atoms with Crippen LogP contribution in [-0.2, 0) is 17.5 Å². The van der Waals surface area contributed by atoms with E-state index in [0.717, 1.165) is 18.0 Å². The highest BCUT2D eigenvalue weighted by Gasteiger charge is 2.32. The van der Waals surface area contributed by atoms with Gasteiger partial charge in [0.15, 0.2) is 5.82 Å². The normalized spacial score (nSPS) is 16.1. The largest absolute Gasteiger partial charge is 0.419 e. The summed E-state index contributed by atoms with van der Waals surface area (Å²) in [4.78, 5) is 22.7. The predicted octanol–water partition coefficient (Wildman–Crippen LogP) is 3.38. The molecule has 4 rings (SSSR count). The molecular formula is C20H20F3N7O. The molecule has 162 valence electrons. The van der Waals surface area contributed by atoms with Crippen molar-refractivity contribution in [3.05, 3.63) is 53.5 Å². The Hall–Kier alpha value is -3.63. The van der Waals surface area contributed by atoms with Gasteiger partial charge in [0.05, 0.1) is 23.1 Å². The summed E-state index contributed by atoms with van der Waals surface area (Å²) in [5, 5.41) is 9.75. The molecule has 2 N–H and O–H groups in total. The lowest BCUT2D eigenvalue weighted by atomic mass is 10.2. The van der Waals surface area contributed by atoms with Gasteiger partial charge in [-0.05, 0) is 31.5 Å². The number of carbonyl (C=O) groups is 1. The lowest BCUT2D eigenvalue weighted by Gasteiger charge is -2.32. The van der Waals surface area contributed by atoms with Crippen molar-refractivity contribution in [2.24, 2.45) is 0 Å². The van der Waals surface area contributed by atoms with Crippen LogP contribution >= 0.6 is 0 Å². The molecule has 0 saturated heterocycles. The van der Waals surface area contributed by atoms with Crippen molar-refractivity contribution in [2.75, 3.05) is 22.6 Å². The summed E-state index contributed by atoms with van der Waals surface area (Å²) < 4.78 is 39.4. The summed E-state index contributed by atoms with van der Waals surface area (Å²) >= 11 is 0. The van der Waals surface area contributed by atoms with Crippen molar-refractivity contribution in [1.82, 2.24) is 19.7 Å². The van der Waals surface area contributed by atoms with Gasteiger partial charge in [0.25, 0.3) is 0 Å². The molecule has 0 aliphatic carbocycles. The highest BCUT2D eigenvalue weighted by Crippen LogP contribution is 2.32. The zero-order valence-corrected chi connectivity index (χ0v) is 17.0. The second-order valence-electron chi connectivity index (χ2n) is 7.30. The third-order valence-corrected chi connectivity index (χ3v) is 5.17. The number of hydrogen-bond donors (Lipinski definition) is 2. The van der Waals surface area contributed by atoms with E-state index in [1.807, 2.05) is 0 Å². The minimum atomic E-state index is -4.43. The smallest absolute Gasteiger partial charge is 0.350 e. The third-order valence-electron chi connectivity index (χ3n) is 5.17. The first-order valence-electron chi connectivity index (χ1n) is 9.51. The summed E-state index contributed by atoms with van der Waals surface area (Å²) in [5.74, 6) is 0.941. The number of fused-ring (bicyclic) bond motifs is 1. The third kappa shape index (κ3) is 4.03. The summed E-state index contributed by atoms with van der Waals surface area (Å²) in [6.45, 7) is 4.00. The van der Waals surface area contributed by atoms with Crippen LogP contribution in [0.1, 0.15) is 23.7 Å². The average molecular weight is 431 g/mol. The molecule has 2 aromatic heterocycles. The van der Waals surface area contributed by atoms with Crippen LogP contribution in [0.3, 0.4) is 0 Å². The Kier molecular flexibility index (Phi) is 5.03. The van der Waals surface area contributed by atoms with Gasteiger partial charge in [-0.25, -0.2) is 9.67 Å². The summed E-state index contributed by atoms with van der Waals surface area (Å²) in [5.41, 5.74) is 1.85. The zero-order valence-electron chi connectivity index (χ0n) is 17.0. The minimum absolute atomic E-state index is 0.109. The highest BCUT2D eigenvalue weighted by molar-refractivity contribution is 6.03. The topological polar surface area (TPSA) is 88.0 Å². The van der Waals surface area contributed by atoms with E-state index in [0.29, 0.717) is 35.4 Å². The van der Waals surface area contributed by atoms with Gasteiger partial charge >= 0.3 is 6.18 Å². The number of alkyl halides is 3. The van der Waals surface area contributed by atoms with Gasteiger partial charge in [-0.2, -0.15) is 23.3 Å². The molecule has 11 heteroatoms. The quantitative estimate of drug-likeness (QED) is 0.659. The molecule has 0 saturated carbocycles. The second-order valence-corrected chi connectivity index (χ2v) is 7.30. The SMILES string of the molecule is Cc1nc(NCc2ccc(-n3cc(C(F)(F)F)cn3)cc2)nc2c1NC(=O)[C@H](C)N2C. The minimum Gasteiger partial charge on any atom is -0.350 e. The lowest BCUT2D eigenvalue weighted by Crippen LogP contribution is -2.44. The van der Waals surface area contributed by atoms with E-state index < -0.39 is 11.7 Å². The van der Waals surface area contributed by atoms with Crippen LogP contribution in [-0.4, -0.2) is 38.7 Å². The van der Waals surface area contributed by atoms with Crippen molar-refractivity contribution in [1.29, 1.82) is 0 Å². The molecule has 0 bridgehead atoms. The van der Waals surface area contributed by atoms with Crippen molar-refractivity contribution in [3.63, 3.8) is 0 Å². The number of anilines is 3. The molecular weight excluding hydrogens is 411 g/mol. The Balaban J connectivity index is 1.47. The fraction of sp³-hybridized carbons (Fsp3) is 0.300. The standard InChI is InChI=1S/C20H20F3N7O/c1-11-16-17(29(3)12(2)18(31)27-16)28-19(26-11)24-8-13-4-6-15(7-5-13)30-10-14(9-25-30)20(21,22)23/h4-7,9-10,12H,8H2,1-3H3,(H,27,31)(H,24,26,28)/t12-/m0/s1. The number of aromatic nitrogens is 4. The first-order chi connectivity index (χ1) is 14.6. The lowest BCUT2D eigenvalue weighted by molar-refractivity contribution is -0.137.